The predicted molar refractivity (Wildman–Crippen MR) is 81.2 cm³/mol. The summed E-state index contributed by atoms with van der Waals surface area (Å²) in [6.07, 6.45) is 0. The largest absolute Gasteiger partial charge is 0.505 e. The summed E-state index contributed by atoms with van der Waals surface area (Å²) in [6, 6.07) is 17.1. The number of phenols is 1. The lowest BCUT2D eigenvalue weighted by Gasteiger charge is -2.10. The summed E-state index contributed by atoms with van der Waals surface area (Å²) in [5.74, 6) is -0.0635. The number of rotatable bonds is 2. The minimum Gasteiger partial charge on any atom is -0.505 e. The number of fused-ring (bicyclic) bond motifs is 1. The number of nitrogens with zero attached hydrogens (tertiary/aromatic N) is 1. The first-order chi connectivity index (χ1) is 9.70. The van der Waals surface area contributed by atoms with E-state index in [2.05, 4.69) is 5.18 Å². The van der Waals surface area contributed by atoms with Gasteiger partial charge < -0.3 is 5.11 Å². The molecule has 0 bridgehead atoms. The summed E-state index contributed by atoms with van der Waals surface area (Å²) in [6.45, 7) is 2.02. The first-order valence-corrected chi connectivity index (χ1v) is 6.36. The topological polar surface area (TPSA) is 49.7 Å². The third kappa shape index (κ3) is 1.93. The zero-order valence-corrected chi connectivity index (χ0v) is 11.0. The molecule has 0 atom stereocenters. The Kier molecular flexibility index (Phi) is 2.95. The van der Waals surface area contributed by atoms with E-state index in [1.807, 2.05) is 49.4 Å². The van der Waals surface area contributed by atoms with Crippen molar-refractivity contribution in [2.75, 3.05) is 0 Å². The third-order valence-electron chi connectivity index (χ3n) is 3.46. The second kappa shape index (κ2) is 4.78. The van der Waals surface area contributed by atoms with Gasteiger partial charge in [-0.25, -0.2) is 0 Å². The molecule has 0 heterocycles. The Bertz CT molecular complexity index is 792. The van der Waals surface area contributed by atoms with Crippen molar-refractivity contribution in [3.63, 3.8) is 0 Å². The maximum Gasteiger partial charge on any atom is 0.152 e. The van der Waals surface area contributed by atoms with Crippen molar-refractivity contribution < 1.29 is 5.11 Å². The molecule has 0 aliphatic heterocycles. The van der Waals surface area contributed by atoms with Gasteiger partial charge in [-0.05, 0) is 34.7 Å². The summed E-state index contributed by atoms with van der Waals surface area (Å²) in [5.41, 5.74) is 3.13. The van der Waals surface area contributed by atoms with E-state index in [1.165, 1.54) is 5.56 Å². The molecule has 20 heavy (non-hydrogen) atoms. The van der Waals surface area contributed by atoms with Crippen LogP contribution in [0.25, 0.3) is 21.9 Å². The summed E-state index contributed by atoms with van der Waals surface area (Å²) in [7, 11) is 0. The second-order valence-corrected chi connectivity index (χ2v) is 4.79. The zero-order valence-electron chi connectivity index (χ0n) is 11.0. The molecule has 0 amide bonds. The molecule has 1 N–H and O–H groups in total. The number of benzene rings is 3. The van der Waals surface area contributed by atoms with Crippen LogP contribution < -0.4 is 0 Å². The monoisotopic (exact) mass is 263 g/mol. The van der Waals surface area contributed by atoms with Crippen LogP contribution in [0.1, 0.15) is 5.56 Å². The molecule has 3 nitrogen and oxygen atoms in total. The number of hydrogen-bond donors (Lipinski definition) is 1. The van der Waals surface area contributed by atoms with Crippen molar-refractivity contribution in [2.24, 2.45) is 5.18 Å². The molecule has 98 valence electrons. The molecule has 0 saturated carbocycles. The first-order valence-electron chi connectivity index (χ1n) is 6.36. The Labute approximate surface area is 116 Å². The number of aromatic hydroxyl groups is 1. The summed E-state index contributed by atoms with van der Waals surface area (Å²) in [4.78, 5) is 10.9. The molecule has 0 aromatic heterocycles. The molecule has 0 aliphatic carbocycles. The summed E-state index contributed by atoms with van der Waals surface area (Å²) >= 11 is 0. The molecule has 0 spiro atoms. The average molecular weight is 263 g/mol. The lowest BCUT2D eigenvalue weighted by molar-refractivity contribution is 0.483. The fraction of sp³-hybridized carbons (Fsp3) is 0.0588. The third-order valence-corrected chi connectivity index (χ3v) is 3.46. The van der Waals surface area contributed by atoms with E-state index in [1.54, 1.807) is 12.1 Å². The normalized spacial score (nSPS) is 10.7. The van der Waals surface area contributed by atoms with E-state index in [0.717, 1.165) is 16.5 Å². The highest BCUT2D eigenvalue weighted by Crippen LogP contribution is 2.40. The van der Waals surface area contributed by atoms with Crippen LogP contribution in [0.15, 0.2) is 59.8 Å². The number of aryl methyl sites for hydroxylation is 1. The highest BCUT2D eigenvalue weighted by molar-refractivity contribution is 6.03. The van der Waals surface area contributed by atoms with Crippen LogP contribution in [-0.2, 0) is 0 Å². The van der Waals surface area contributed by atoms with Gasteiger partial charge in [0.2, 0.25) is 0 Å². The molecule has 0 unspecified atom stereocenters. The fourth-order valence-electron chi connectivity index (χ4n) is 2.39. The van der Waals surface area contributed by atoms with Gasteiger partial charge in [0.15, 0.2) is 11.4 Å². The van der Waals surface area contributed by atoms with E-state index in [0.29, 0.717) is 5.39 Å². The van der Waals surface area contributed by atoms with Gasteiger partial charge in [0.1, 0.15) is 0 Å². The minimum absolute atomic E-state index is 0.0635. The Morgan fingerprint density at radius 3 is 2.25 bits per heavy atom. The van der Waals surface area contributed by atoms with Crippen LogP contribution in [0, 0.1) is 11.8 Å². The first kappa shape index (κ1) is 12.4. The van der Waals surface area contributed by atoms with Crippen LogP contribution in [-0.4, -0.2) is 5.11 Å². The van der Waals surface area contributed by atoms with Crippen molar-refractivity contribution in [3.05, 3.63) is 65.1 Å². The molecule has 3 aromatic rings. The van der Waals surface area contributed by atoms with E-state index in [-0.39, 0.29) is 11.4 Å². The van der Waals surface area contributed by atoms with Gasteiger partial charge in [0, 0.05) is 5.39 Å². The predicted octanol–water partition coefficient (Wildman–Crippen LogP) is 4.92. The smallest absolute Gasteiger partial charge is 0.152 e. The maximum absolute atomic E-state index is 10.9. The SMILES string of the molecule is Cc1ccc(-c2cc(N=O)c(O)c3ccccc23)cc1. The molecule has 3 heteroatoms. The molecular formula is C17H13NO2. The lowest BCUT2D eigenvalue weighted by Crippen LogP contribution is -1.83. The van der Waals surface area contributed by atoms with Crippen LogP contribution in [0.3, 0.4) is 0 Å². The molecule has 0 fully saturated rings. The summed E-state index contributed by atoms with van der Waals surface area (Å²) < 4.78 is 0. The number of nitroso groups, excluding NO2 is 1. The maximum atomic E-state index is 10.9. The molecule has 3 rings (SSSR count). The van der Waals surface area contributed by atoms with Crippen molar-refractivity contribution >= 4 is 16.5 Å². The van der Waals surface area contributed by atoms with Gasteiger partial charge in [0.05, 0.1) is 0 Å². The molecule has 3 aromatic carbocycles. The molecular weight excluding hydrogens is 250 g/mol. The molecule has 0 saturated heterocycles. The van der Waals surface area contributed by atoms with E-state index < -0.39 is 0 Å². The number of hydrogen-bond acceptors (Lipinski definition) is 3. The van der Waals surface area contributed by atoms with Gasteiger partial charge in [-0.1, -0.05) is 54.1 Å². The Morgan fingerprint density at radius 1 is 0.950 bits per heavy atom. The van der Waals surface area contributed by atoms with E-state index in [4.69, 9.17) is 0 Å². The molecule has 0 radical (unpaired) electrons. The van der Waals surface area contributed by atoms with Gasteiger partial charge in [-0.2, -0.15) is 0 Å². The lowest BCUT2D eigenvalue weighted by atomic mass is 9.96. The minimum atomic E-state index is -0.0635. The zero-order chi connectivity index (χ0) is 14.1. The van der Waals surface area contributed by atoms with Gasteiger partial charge >= 0.3 is 0 Å². The van der Waals surface area contributed by atoms with Crippen molar-refractivity contribution in [1.29, 1.82) is 0 Å². The van der Waals surface area contributed by atoms with Crippen molar-refractivity contribution in [1.82, 2.24) is 0 Å². The Balaban J connectivity index is 2.37. The van der Waals surface area contributed by atoms with Gasteiger partial charge in [0.25, 0.3) is 0 Å². The van der Waals surface area contributed by atoms with E-state index in [9.17, 15) is 10.0 Å². The highest BCUT2D eigenvalue weighted by Gasteiger charge is 2.12. The van der Waals surface area contributed by atoms with Crippen LogP contribution in [0.4, 0.5) is 5.69 Å². The van der Waals surface area contributed by atoms with E-state index >= 15 is 0 Å². The molecule has 0 aliphatic rings. The van der Waals surface area contributed by atoms with Crippen LogP contribution in [0.2, 0.25) is 0 Å². The second-order valence-electron chi connectivity index (χ2n) is 4.79. The quantitative estimate of drug-likeness (QED) is 0.667. The summed E-state index contributed by atoms with van der Waals surface area (Å²) in [5, 5.41) is 14.5. The Hall–Kier alpha value is -2.68. The fourth-order valence-corrected chi connectivity index (χ4v) is 2.39. The van der Waals surface area contributed by atoms with Crippen molar-refractivity contribution in [2.45, 2.75) is 6.92 Å². The van der Waals surface area contributed by atoms with Crippen molar-refractivity contribution in [3.8, 4) is 16.9 Å². The average Bonchev–Trinajstić information content (AvgIpc) is 2.49. The highest BCUT2D eigenvalue weighted by atomic mass is 16.3. The Morgan fingerprint density at radius 2 is 1.60 bits per heavy atom. The standard InChI is InChI=1S/C17H13NO2/c1-11-6-8-12(9-7-11)15-10-16(18-20)17(19)14-5-3-2-4-13(14)15/h2-10,19H,1H3. The van der Waals surface area contributed by atoms with Gasteiger partial charge in [-0.3, -0.25) is 0 Å². The number of phenolic OH excluding ortho intramolecular Hbond substituents is 1. The van der Waals surface area contributed by atoms with Crippen LogP contribution >= 0.6 is 0 Å². The van der Waals surface area contributed by atoms with Crippen LogP contribution in [0.5, 0.6) is 5.75 Å². The van der Waals surface area contributed by atoms with Gasteiger partial charge in [-0.15, -0.1) is 4.91 Å².